The molecule has 1 fully saturated rings. The lowest BCUT2D eigenvalue weighted by atomic mass is 10.1. The van der Waals surface area contributed by atoms with Crippen molar-refractivity contribution >= 4 is 63.7 Å². The Labute approximate surface area is 339 Å². The van der Waals surface area contributed by atoms with Crippen molar-refractivity contribution < 1.29 is 27.5 Å². The normalized spacial score (nSPS) is 13.5. The number of hydrogen-bond acceptors (Lipinski definition) is 12. The van der Waals surface area contributed by atoms with Crippen LogP contribution in [0.3, 0.4) is 0 Å². The van der Waals surface area contributed by atoms with Crippen LogP contribution in [0.5, 0.6) is 6.01 Å². The molecule has 302 valence electrons. The van der Waals surface area contributed by atoms with E-state index < -0.39 is 53.0 Å². The Morgan fingerprint density at radius 1 is 0.746 bits per heavy atom. The van der Waals surface area contributed by atoms with Crippen LogP contribution < -0.4 is 47.5 Å². The number of benzene rings is 4. The molecule has 18 heteroatoms. The van der Waals surface area contributed by atoms with Crippen molar-refractivity contribution in [3.05, 3.63) is 146 Å². The minimum Gasteiger partial charge on any atom is -0.454 e. The molecular weight excluding hydrogens is 791 g/mol. The van der Waals surface area contributed by atoms with Crippen LogP contribution in [0.2, 0.25) is 5.02 Å². The molecule has 0 spiro atoms. The van der Waals surface area contributed by atoms with Crippen LogP contribution in [0.15, 0.2) is 119 Å². The summed E-state index contributed by atoms with van der Waals surface area (Å²) in [6, 6.07) is 29.0. The zero-order valence-electron chi connectivity index (χ0n) is 30.9. The highest BCUT2D eigenvalue weighted by Gasteiger charge is 2.45. The molecular formula is C41H35ClF3N9O5. The number of carbonyl (C=O) groups excluding carboxylic acids is 2. The summed E-state index contributed by atoms with van der Waals surface area (Å²) in [6.07, 6.45) is -3.19. The maximum atomic E-state index is 13.5. The van der Waals surface area contributed by atoms with E-state index in [0.29, 0.717) is 34.9 Å². The largest absolute Gasteiger partial charge is 0.454 e. The van der Waals surface area contributed by atoms with Crippen molar-refractivity contribution in [3.8, 4) is 6.01 Å². The number of ether oxygens (including phenoxy) is 1. The highest BCUT2D eigenvalue weighted by atomic mass is 35.5. The molecule has 1 heterocycles. The minimum absolute atomic E-state index is 0.0225. The first-order valence-corrected chi connectivity index (χ1v) is 18.6. The summed E-state index contributed by atoms with van der Waals surface area (Å²) in [5.74, 6) is -1.27. The summed E-state index contributed by atoms with van der Waals surface area (Å²) in [7, 11) is 0. The third-order valence-corrected chi connectivity index (χ3v) is 9.48. The molecule has 59 heavy (non-hydrogen) atoms. The number of aromatic nitrogens is 3. The molecule has 0 aliphatic heterocycles. The van der Waals surface area contributed by atoms with E-state index in [9.17, 15) is 32.3 Å². The fraction of sp³-hybridized carbons (Fsp3) is 0.195. The summed E-state index contributed by atoms with van der Waals surface area (Å²) in [6.45, 7) is -1.58. The molecule has 1 aliphatic rings. The number of alkyl halides is 3. The lowest BCUT2D eigenvalue weighted by molar-refractivity contribution is -0.154. The highest BCUT2D eigenvalue weighted by molar-refractivity contribution is 6.30. The van der Waals surface area contributed by atoms with Gasteiger partial charge in [0.25, 0.3) is 16.8 Å². The second-order valence-corrected chi connectivity index (χ2v) is 14.0. The predicted molar refractivity (Wildman–Crippen MR) is 218 cm³/mol. The molecule has 1 aromatic heterocycles. The van der Waals surface area contributed by atoms with E-state index in [0.717, 1.165) is 5.56 Å². The zero-order chi connectivity index (χ0) is 41.6. The van der Waals surface area contributed by atoms with Crippen LogP contribution >= 0.6 is 11.6 Å². The zero-order valence-corrected chi connectivity index (χ0v) is 31.7. The number of anilines is 7. The van der Waals surface area contributed by atoms with E-state index in [2.05, 4.69) is 46.9 Å². The maximum absolute atomic E-state index is 13.5. The number of nitrogens with one attached hydrogen (secondary N) is 6. The van der Waals surface area contributed by atoms with Crippen LogP contribution in [0.25, 0.3) is 0 Å². The van der Waals surface area contributed by atoms with Gasteiger partial charge >= 0.3 is 12.2 Å². The SMILES string of the molecule is O=C(NC(CCNc1c(Nc2ccccc2)c(=O)c1=O)C(=O)Nc1ccccc1)c1ccc(Nc2nc(NC3(c4ccc(Cl)cc4)CC3)nc(OCC(F)(F)F)n2)cc1. The van der Waals surface area contributed by atoms with Crippen molar-refractivity contribution in [2.45, 2.75) is 37.0 Å². The first-order chi connectivity index (χ1) is 28.3. The van der Waals surface area contributed by atoms with Crippen LogP contribution in [0, 0.1) is 0 Å². The van der Waals surface area contributed by atoms with E-state index in [4.69, 9.17) is 16.3 Å². The molecule has 0 bridgehead atoms. The molecule has 1 atom stereocenters. The fourth-order valence-corrected chi connectivity index (χ4v) is 6.18. The van der Waals surface area contributed by atoms with E-state index >= 15 is 0 Å². The highest BCUT2D eigenvalue weighted by Crippen LogP contribution is 2.48. The lowest BCUT2D eigenvalue weighted by Gasteiger charge is -2.20. The Morgan fingerprint density at radius 2 is 1.36 bits per heavy atom. The number of amides is 2. The van der Waals surface area contributed by atoms with Crippen LogP contribution in [0.1, 0.15) is 35.2 Å². The molecule has 1 saturated carbocycles. The van der Waals surface area contributed by atoms with Crippen molar-refractivity contribution in [3.63, 3.8) is 0 Å². The fourth-order valence-electron chi connectivity index (χ4n) is 6.06. The number of carbonyl (C=O) groups is 2. The van der Waals surface area contributed by atoms with Gasteiger partial charge in [0.05, 0.1) is 5.54 Å². The monoisotopic (exact) mass is 825 g/mol. The molecule has 6 N–H and O–H groups in total. The average Bonchev–Trinajstić information content (AvgIpc) is 4.01. The number of halogens is 4. The summed E-state index contributed by atoms with van der Waals surface area (Å²) < 4.78 is 44.0. The van der Waals surface area contributed by atoms with Crippen molar-refractivity contribution in [2.24, 2.45) is 0 Å². The van der Waals surface area contributed by atoms with Crippen molar-refractivity contribution in [1.82, 2.24) is 20.3 Å². The van der Waals surface area contributed by atoms with Gasteiger partial charge in [0.1, 0.15) is 17.4 Å². The Balaban J connectivity index is 1.03. The van der Waals surface area contributed by atoms with Crippen molar-refractivity contribution in [1.29, 1.82) is 0 Å². The molecule has 5 aromatic carbocycles. The Bertz CT molecular complexity index is 2500. The average molecular weight is 826 g/mol. The van der Waals surface area contributed by atoms with Gasteiger partial charge in [-0.25, -0.2) is 0 Å². The van der Waals surface area contributed by atoms with Crippen LogP contribution in [-0.2, 0) is 10.3 Å². The Morgan fingerprint density at radius 3 is 2.00 bits per heavy atom. The third-order valence-electron chi connectivity index (χ3n) is 9.23. The summed E-state index contributed by atoms with van der Waals surface area (Å²) in [4.78, 5) is 64.1. The van der Waals surface area contributed by atoms with Crippen molar-refractivity contribution in [2.75, 3.05) is 39.7 Å². The summed E-state index contributed by atoms with van der Waals surface area (Å²) in [5.41, 5.74) is 0.786. The van der Waals surface area contributed by atoms with Gasteiger partial charge in [-0.05, 0) is 85.5 Å². The van der Waals surface area contributed by atoms with Gasteiger partial charge < -0.3 is 36.6 Å². The summed E-state index contributed by atoms with van der Waals surface area (Å²) in [5, 5.41) is 18.1. The number of hydrogen-bond donors (Lipinski definition) is 6. The van der Waals surface area contributed by atoms with Gasteiger partial charge in [0.15, 0.2) is 6.61 Å². The molecule has 0 saturated heterocycles. The first-order valence-electron chi connectivity index (χ1n) is 18.3. The summed E-state index contributed by atoms with van der Waals surface area (Å²) >= 11 is 6.05. The first kappa shape index (κ1) is 40.2. The van der Waals surface area contributed by atoms with E-state index in [1.165, 1.54) is 24.3 Å². The number of rotatable bonds is 17. The third kappa shape index (κ3) is 10.3. The van der Waals surface area contributed by atoms with Gasteiger partial charge in [0, 0.05) is 34.2 Å². The second-order valence-electron chi connectivity index (χ2n) is 13.6. The molecule has 7 rings (SSSR count). The number of nitrogens with zero attached hydrogens (tertiary/aromatic N) is 3. The van der Waals surface area contributed by atoms with Gasteiger partial charge in [-0.15, -0.1) is 0 Å². The molecule has 14 nitrogen and oxygen atoms in total. The molecule has 1 unspecified atom stereocenters. The molecule has 6 aromatic rings. The maximum Gasteiger partial charge on any atom is 0.422 e. The van der Waals surface area contributed by atoms with E-state index in [1.807, 2.05) is 18.2 Å². The molecule has 2 amide bonds. The van der Waals surface area contributed by atoms with Gasteiger partial charge in [-0.2, -0.15) is 28.1 Å². The molecule has 0 radical (unpaired) electrons. The lowest BCUT2D eigenvalue weighted by Crippen LogP contribution is -2.45. The standard InChI is InChI=1S/C41H35ClF3N9O5/c42-26-15-13-25(14-16-26)40(20-21-40)54-38-51-37(52-39(53-38)59-23-41(43,44)45)49-29-17-11-24(12-18-29)35(57)50-30(36(58)48-28-9-5-2-6-10-28)19-22-46-31-32(34(56)33(31)55)47-27-7-3-1-4-8-27/h1-18,30,46-47H,19-23H2,(H,48,58)(H,50,57)(H2,49,51,52,53,54). The topological polar surface area (TPSA) is 188 Å². The van der Waals surface area contributed by atoms with E-state index in [1.54, 1.807) is 66.7 Å². The van der Waals surface area contributed by atoms with Crippen LogP contribution in [-0.4, -0.2) is 52.1 Å². The minimum atomic E-state index is -4.64. The predicted octanol–water partition coefficient (Wildman–Crippen LogP) is 6.89. The second kappa shape index (κ2) is 17.2. The quantitative estimate of drug-likeness (QED) is 0.0524. The molecule has 1 aliphatic carbocycles. The van der Waals surface area contributed by atoms with Gasteiger partial charge in [-0.3, -0.25) is 19.2 Å². The Kier molecular flexibility index (Phi) is 11.7. The van der Waals surface area contributed by atoms with Gasteiger partial charge in [-0.1, -0.05) is 60.1 Å². The van der Waals surface area contributed by atoms with E-state index in [-0.39, 0.29) is 41.8 Å². The van der Waals surface area contributed by atoms with Crippen LogP contribution in [0.4, 0.5) is 53.5 Å². The van der Waals surface area contributed by atoms with Gasteiger partial charge in [0.2, 0.25) is 17.8 Å². The number of para-hydroxylation sites is 2. The smallest absolute Gasteiger partial charge is 0.422 e. The Hall–Kier alpha value is -7.01.